The normalized spacial score (nSPS) is 14.9. The molecule has 0 bridgehead atoms. The highest BCUT2D eigenvalue weighted by Gasteiger charge is 2.37. The predicted octanol–water partition coefficient (Wildman–Crippen LogP) is 5.73. The maximum Gasteiger partial charge on any atom is 0.416 e. The molecule has 1 unspecified atom stereocenters. The number of hydrogen-bond acceptors (Lipinski definition) is 12. The number of anilines is 2. The highest BCUT2D eigenvalue weighted by molar-refractivity contribution is 6.07. The lowest BCUT2D eigenvalue weighted by Gasteiger charge is -2.34. The zero-order valence-corrected chi connectivity index (χ0v) is 32.1. The van der Waals surface area contributed by atoms with Gasteiger partial charge in [-0.15, -0.1) is 0 Å². The van der Waals surface area contributed by atoms with E-state index in [2.05, 4.69) is 20.4 Å². The summed E-state index contributed by atoms with van der Waals surface area (Å²) in [4.78, 5) is 60.6. The van der Waals surface area contributed by atoms with Crippen molar-refractivity contribution in [3.63, 3.8) is 0 Å². The SMILES string of the molecule is CC(C)(C)OC(=O)N1CCOC(COCc2ccc(-n3cc(NC(=O)c4coc(-c5ccnc(N(CC(F)(F)F)C(=O)OC(C)(C)C)c5)n4)c(C(N)=O)n3)cc2)C1. The Morgan fingerprint density at radius 2 is 1.72 bits per heavy atom. The van der Waals surface area contributed by atoms with E-state index < -0.39 is 53.7 Å². The van der Waals surface area contributed by atoms with Crippen LogP contribution in [0.2, 0.25) is 0 Å². The molecule has 3 aromatic heterocycles. The number of benzene rings is 1. The summed E-state index contributed by atoms with van der Waals surface area (Å²) >= 11 is 0. The monoisotopic (exact) mass is 800 g/mol. The molecule has 1 aliphatic rings. The number of carbonyl (C=O) groups excluding carboxylic acids is 4. The lowest BCUT2D eigenvalue weighted by molar-refractivity contribution is -0.119. The molecule has 57 heavy (non-hydrogen) atoms. The second kappa shape index (κ2) is 17.0. The number of carbonyl (C=O) groups is 4. The Hall–Kier alpha value is -6.02. The van der Waals surface area contributed by atoms with Gasteiger partial charge >= 0.3 is 18.4 Å². The summed E-state index contributed by atoms with van der Waals surface area (Å²) in [6.45, 7) is 9.87. The van der Waals surface area contributed by atoms with Crippen LogP contribution in [-0.4, -0.2) is 105 Å². The average molecular weight is 801 g/mol. The van der Waals surface area contributed by atoms with Crippen molar-refractivity contribution in [2.45, 2.75) is 71.6 Å². The Bertz CT molecular complexity index is 2070. The summed E-state index contributed by atoms with van der Waals surface area (Å²) in [6, 6.07) is 9.49. The van der Waals surface area contributed by atoms with Gasteiger partial charge < -0.3 is 39.3 Å². The minimum absolute atomic E-state index is 0.0382. The van der Waals surface area contributed by atoms with Crippen molar-refractivity contribution in [1.82, 2.24) is 24.6 Å². The molecule has 0 radical (unpaired) electrons. The molecule has 3 N–H and O–H groups in total. The first kappa shape index (κ1) is 42.1. The van der Waals surface area contributed by atoms with Crippen molar-refractivity contribution in [2.75, 3.05) is 43.1 Å². The molecule has 4 heterocycles. The van der Waals surface area contributed by atoms with Gasteiger partial charge in [0.15, 0.2) is 11.4 Å². The van der Waals surface area contributed by atoms with Gasteiger partial charge in [-0.05, 0) is 71.4 Å². The van der Waals surface area contributed by atoms with Crippen LogP contribution in [0.1, 0.15) is 68.1 Å². The van der Waals surface area contributed by atoms with Gasteiger partial charge in [-0.3, -0.25) is 14.5 Å². The minimum Gasteiger partial charge on any atom is -0.444 e. The third-order valence-corrected chi connectivity index (χ3v) is 7.72. The first-order valence-corrected chi connectivity index (χ1v) is 17.6. The number of amides is 4. The van der Waals surface area contributed by atoms with Crippen LogP contribution in [0.3, 0.4) is 0 Å². The smallest absolute Gasteiger partial charge is 0.416 e. The van der Waals surface area contributed by atoms with Crippen molar-refractivity contribution >= 4 is 35.5 Å². The van der Waals surface area contributed by atoms with E-state index >= 15 is 0 Å². The number of halogens is 3. The zero-order chi connectivity index (χ0) is 41.7. The fraction of sp³-hybridized carbons (Fsp3) is 0.432. The van der Waals surface area contributed by atoms with Crippen LogP contribution in [0.25, 0.3) is 17.1 Å². The fourth-order valence-electron chi connectivity index (χ4n) is 5.28. The number of nitrogens with zero attached hydrogens (tertiary/aromatic N) is 6. The molecule has 20 heteroatoms. The number of rotatable bonds is 11. The lowest BCUT2D eigenvalue weighted by atomic mass is 10.2. The van der Waals surface area contributed by atoms with Crippen molar-refractivity contribution in [3.05, 3.63) is 72.0 Å². The molecule has 4 amide bonds. The van der Waals surface area contributed by atoms with E-state index in [0.29, 0.717) is 30.3 Å². The number of alkyl halides is 3. The predicted molar refractivity (Wildman–Crippen MR) is 197 cm³/mol. The molecule has 0 saturated carbocycles. The number of morpholine rings is 1. The quantitative estimate of drug-likeness (QED) is 0.187. The van der Waals surface area contributed by atoms with E-state index in [4.69, 9.17) is 29.1 Å². The number of nitrogens with two attached hydrogens (primary N) is 1. The third-order valence-electron chi connectivity index (χ3n) is 7.72. The zero-order valence-electron chi connectivity index (χ0n) is 32.1. The molecular weight excluding hydrogens is 757 g/mol. The lowest BCUT2D eigenvalue weighted by Crippen LogP contribution is -2.48. The molecule has 1 atom stereocenters. The van der Waals surface area contributed by atoms with Crippen LogP contribution in [-0.2, 0) is 25.6 Å². The number of primary amides is 1. The summed E-state index contributed by atoms with van der Waals surface area (Å²) in [5, 5.41) is 6.76. The Labute approximate surface area is 325 Å². The molecule has 1 fully saturated rings. The summed E-state index contributed by atoms with van der Waals surface area (Å²) in [6.07, 6.45) is -3.26. The second-order valence-corrected chi connectivity index (χ2v) is 14.9. The van der Waals surface area contributed by atoms with Crippen LogP contribution >= 0.6 is 0 Å². The average Bonchev–Trinajstić information content (AvgIpc) is 3.78. The van der Waals surface area contributed by atoms with Gasteiger partial charge in [0.1, 0.15) is 29.8 Å². The van der Waals surface area contributed by atoms with Gasteiger partial charge in [0.2, 0.25) is 5.89 Å². The maximum atomic E-state index is 13.4. The molecule has 1 aromatic carbocycles. The van der Waals surface area contributed by atoms with Gasteiger partial charge in [0.25, 0.3) is 11.8 Å². The van der Waals surface area contributed by atoms with Crippen molar-refractivity contribution in [3.8, 4) is 17.1 Å². The molecule has 306 valence electrons. The van der Waals surface area contributed by atoms with Crippen LogP contribution in [0.4, 0.5) is 34.3 Å². The van der Waals surface area contributed by atoms with Gasteiger partial charge in [-0.2, -0.15) is 18.3 Å². The first-order chi connectivity index (χ1) is 26.6. The first-order valence-electron chi connectivity index (χ1n) is 17.6. The molecule has 5 rings (SSSR count). The van der Waals surface area contributed by atoms with Crippen LogP contribution in [0.5, 0.6) is 0 Å². The number of oxazole rings is 1. The Morgan fingerprint density at radius 3 is 2.37 bits per heavy atom. The highest BCUT2D eigenvalue weighted by atomic mass is 19.4. The summed E-state index contributed by atoms with van der Waals surface area (Å²) in [7, 11) is 0. The van der Waals surface area contributed by atoms with E-state index in [1.165, 1.54) is 37.7 Å². The van der Waals surface area contributed by atoms with E-state index in [1.54, 1.807) is 49.9 Å². The van der Waals surface area contributed by atoms with Crippen LogP contribution in [0.15, 0.2) is 59.5 Å². The number of pyridine rings is 1. The molecule has 4 aromatic rings. The third kappa shape index (κ3) is 12.0. The minimum atomic E-state index is -4.78. The standard InChI is InChI=1S/C37H43F3N8O9/c1-35(2,3)56-33(51)46-13-14-54-25(16-46)19-53-18-22-7-9-24(10-8-22)48-17-26(29(45-48)30(41)49)43-31(50)27-20-55-32(44-27)23-11-12-42-28(15-23)47(21-37(38,39)40)34(52)57-36(4,5)6/h7-12,15,17,20,25H,13-14,16,18-19,21H2,1-6H3,(H2,41,49)(H,43,50). The molecular formula is C37H43F3N8O9. The topological polar surface area (TPSA) is 206 Å². The number of ether oxygens (including phenoxy) is 4. The molecule has 1 aliphatic heterocycles. The molecule has 0 spiro atoms. The van der Waals surface area contributed by atoms with E-state index in [9.17, 15) is 32.3 Å². The van der Waals surface area contributed by atoms with E-state index in [1.807, 2.05) is 0 Å². The van der Waals surface area contributed by atoms with E-state index in [-0.39, 0.29) is 47.8 Å². The van der Waals surface area contributed by atoms with Gasteiger partial charge in [-0.1, -0.05) is 12.1 Å². The van der Waals surface area contributed by atoms with Gasteiger partial charge in [0.05, 0.1) is 50.0 Å². The Balaban J connectivity index is 1.22. The summed E-state index contributed by atoms with van der Waals surface area (Å²) in [5.41, 5.74) is 4.75. The summed E-state index contributed by atoms with van der Waals surface area (Å²) in [5.74, 6) is -2.33. The summed E-state index contributed by atoms with van der Waals surface area (Å²) < 4.78 is 69.2. The van der Waals surface area contributed by atoms with Gasteiger partial charge in [-0.25, -0.2) is 24.2 Å². The second-order valence-electron chi connectivity index (χ2n) is 14.9. The number of aromatic nitrogens is 4. The van der Waals surface area contributed by atoms with Crippen molar-refractivity contribution in [1.29, 1.82) is 0 Å². The number of nitrogens with one attached hydrogen (secondary N) is 1. The molecule has 17 nitrogen and oxygen atoms in total. The molecule has 0 aliphatic carbocycles. The highest BCUT2D eigenvalue weighted by Crippen LogP contribution is 2.28. The Morgan fingerprint density at radius 1 is 1.02 bits per heavy atom. The maximum absolute atomic E-state index is 13.4. The number of hydrogen-bond donors (Lipinski definition) is 2. The fourth-order valence-corrected chi connectivity index (χ4v) is 5.28. The van der Waals surface area contributed by atoms with Crippen LogP contribution < -0.4 is 16.0 Å². The largest absolute Gasteiger partial charge is 0.444 e. The molecule has 1 saturated heterocycles. The van der Waals surface area contributed by atoms with Gasteiger partial charge in [0, 0.05) is 18.3 Å². The van der Waals surface area contributed by atoms with E-state index in [0.717, 1.165) is 24.1 Å². The Kier molecular flexibility index (Phi) is 12.6. The van der Waals surface area contributed by atoms with Crippen molar-refractivity contribution in [2.24, 2.45) is 5.73 Å². The van der Waals surface area contributed by atoms with Crippen molar-refractivity contribution < 1.29 is 55.7 Å². The van der Waals surface area contributed by atoms with Crippen LogP contribution in [0, 0.1) is 0 Å².